The molecule has 0 saturated heterocycles. The molecule has 0 radical (unpaired) electrons. The number of halogens is 2. The zero-order chi connectivity index (χ0) is 14.7. The molecular weight excluding hydrogens is 279 g/mol. The first-order valence-corrected chi connectivity index (χ1v) is 6.33. The van der Waals surface area contributed by atoms with Gasteiger partial charge < -0.3 is 10.4 Å². The topological polar surface area (TPSA) is 56.0 Å². The molecule has 1 atom stereocenters. The normalized spacial score (nSPS) is 11.7. The van der Waals surface area contributed by atoms with Crippen LogP contribution in [0.3, 0.4) is 0 Å². The minimum absolute atomic E-state index is 0.111. The van der Waals surface area contributed by atoms with Gasteiger partial charge >= 0.3 is 0 Å². The predicted octanol–water partition coefficient (Wildman–Crippen LogP) is 4.23. The highest BCUT2D eigenvalue weighted by Crippen LogP contribution is 2.26. The first-order chi connectivity index (χ1) is 9.51. The van der Waals surface area contributed by atoms with Gasteiger partial charge in [0.2, 0.25) is 0 Å². The van der Waals surface area contributed by atoms with E-state index in [1.165, 1.54) is 12.1 Å². The maximum Gasteiger partial charge on any atom is 0.132 e. The van der Waals surface area contributed by atoms with Crippen molar-refractivity contribution in [3.63, 3.8) is 0 Å². The summed E-state index contributed by atoms with van der Waals surface area (Å²) < 4.78 is 13.7. The summed E-state index contributed by atoms with van der Waals surface area (Å²) in [5.74, 6) is -0.593. The SMILES string of the molecule is CC(Nc1ccc(C#N)c(Cl)c1)c1ccc(O)cc1F. The van der Waals surface area contributed by atoms with Crippen molar-refractivity contribution in [3.8, 4) is 11.8 Å². The molecule has 2 aromatic carbocycles. The van der Waals surface area contributed by atoms with Crippen molar-refractivity contribution in [2.75, 3.05) is 5.32 Å². The van der Waals surface area contributed by atoms with E-state index in [0.29, 0.717) is 21.8 Å². The number of benzene rings is 2. The lowest BCUT2D eigenvalue weighted by molar-refractivity contribution is 0.467. The highest BCUT2D eigenvalue weighted by atomic mass is 35.5. The zero-order valence-electron chi connectivity index (χ0n) is 10.7. The number of hydrogen-bond donors (Lipinski definition) is 2. The number of rotatable bonds is 3. The summed E-state index contributed by atoms with van der Waals surface area (Å²) in [6, 6.07) is 10.6. The average molecular weight is 291 g/mol. The molecule has 0 aliphatic heterocycles. The molecule has 0 aliphatic carbocycles. The summed E-state index contributed by atoms with van der Waals surface area (Å²) >= 11 is 5.94. The molecule has 1 unspecified atom stereocenters. The minimum atomic E-state index is -0.482. The quantitative estimate of drug-likeness (QED) is 0.889. The third-order valence-corrected chi connectivity index (χ3v) is 3.24. The number of anilines is 1. The summed E-state index contributed by atoms with van der Waals surface area (Å²) in [4.78, 5) is 0. The molecule has 0 amide bonds. The Labute approximate surface area is 121 Å². The number of nitriles is 1. The minimum Gasteiger partial charge on any atom is -0.508 e. The lowest BCUT2D eigenvalue weighted by Crippen LogP contribution is -2.08. The molecule has 0 saturated carbocycles. The van der Waals surface area contributed by atoms with Crippen LogP contribution in [0, 0.1) is 17.1 Å². The van der Waals surface area contributed by atoms with Crippen LogP contribution < -0.4 is 5.32 Å². The fraction of sp³-hybridized carbons (Fsp3) is 0.133. The summed E-state index contributed by atoms with van der Waals surface area (Å²) in [7, 11) is 0. The van der Waals surface area contributed by atoms with Gasteiger partial charge in [0, 0.05) is 17.3 Å². The maximum absolute atomic E-state index is 13.7. The predicted molar refractivity (Wildman–Crippen MR) is 76.3 cm³/mol. The molecule has 20 heavy (non-hydrogen) atoms. The average Bonchev–Trinajstić information content (AvgIpc) is 2.38. The van der Waals surface area contributed by atoms with Crippen LogP contribution in [0.2, 0.25) is 5.02 Å². The number of nitrogens with zero attached hydrogens (tertiary/aromatic N) is 1. The van der Waals surface area contributed by atoms with E-state index in [1.807, 2.05) is 6.07 Å². The van der Waals surface area contributed by atoms with Crippen LogP contribution in [-0.4, -0.2) is 5.11 Å². The van der Waals surface area contributed by atoms with Crippen molar-refractivity contribution in [1.29, 1.82) is 5.26 Å². The first kappa shape index (κ1) is 14.2. The fourth-order valence-corrected chi connectivity index (χ4v) is 2.11. The van der Waals surface area contributed by atoms with Gasteiger partial charge in [0.1, 0.15) is 17.6 Å². The van der Waals surface area contributed by atoms with Crippen molar-refractivity contribution in [3.05, 3.63) is 58.4 Å². The zero-order valence-corrected chi connectivity index (χ0v) is 11.4. The Kier molecular flexibility index (Phi) is 4.11. The van der Waals surface area contributed by atoms with Crippen LogP contribution in [0.25, 0.3) is 0 Å². The first-order valence-electron chi connectivity index (χ1n) is 5.96. The lowest BCUT2D eigenvalue weighted by Gasteiger charge is -2.17. The van der Waals surface area contributed by atoms with E-state index in [-0.39, 0.29) is 11.8 Å². The number of aromatic hydroxyl groups is 1. The molecule has 5 heteroatoms. The molecule has 0 bridgehead atoms. The van der Waals surface area contributed by atoms with E-state index in [9.17, 15) is 9.50 Å². The summed E-state index contributed by atoms with van der Waals surface area (Å²) in [5, 5.41) is 21.4. The van der Waals surface area contributed by atoms with Gasteiger partial charge in [-0.1, -0.05) is 17.7 Å². The summed E-state index contributed by atoms with van der Waals surface area (Å²) in [5.41, 5.74) is 1.51. The van der Waals surface area contributed by atoms with E-state index < -0.39 is 5.82 Å². The Bertz CT molecular complexity index is 682. The number of nitrogens with one attached hydrogen (secondary N) is 1. The molecule has 102 valence electrons. The van der Waals surface area contributed by atoms with Crippen LogP contribution in [0.4, 0.5) is 10.1 Å². The Hall–Kier alpha value is -2.25. The molecule has 0 aliphatic rings. The third kappa shape index (κ3) is 3.01. The number of phenols is 1. The molecule has 0 spiro atoms. The lowest BCUT2D eigenvalue weighted by atomic mass is 10.1. The van der Waals surface area contributed by atoms with Crippen LogP contribution in [-0.2, 0) is 0 Å². The van der Waals surface area contributed by atoms with Gasteiger partial charge in [-0.2, -0.15) is 5.26 Å². The van der Waals surface area contributed by atoms with Gasteiger partial charge in [0.25, 0.3) is 0 Å². The van der Waals surface area contributed by atoms with Crippen LogP contribution in [0.5, 0.6) is 5.75 Å². The standard InChI is InChI=1S/C15H12ClFN2O/c1-9(13-5-4-12(20)7-15(13)17)19-11-3-2-10(8-18)14(16)6-11/h2-7,9,19-20H,1H3. The molecular formula is C15H12ClFN2O. The van der Waals surface area contributed by atoms with Crippen LogP contribution in [0.15, 0.2) is 36.4 Å². The van der Waals surface area contributed by atoms with Gasteiger partial charge in [-0.3, -0.25) is 0 Å². The van der Waals surface area contributed by atoms with Gasteiger partial charge in [-0.25, -0.2) is 4.39 Å². The molecule has 2 rings (SSSR count). The van der Waals surface area contributed by atoms with Crippen LogP contribution in [0.1, 0.15) is 24.1 Å². The number of hydrogen-bond acceptors (Lipinski definition) is 3. The van der Waals surface area contributed by atoms with E-state index >= 15 is 0 Å². The van der Waals surface area contributed by atoms with Crippen molar-refractivity contribution in [2.45, 2.75) is 13.0 Å². The van der Waals surface area contributed by atoms with E-state index in [4.69, 9.17) is 16.9 Å². The monoisotopic (exact) mass is 290 g/mol. The van der Waals surface area contributed by atoms with E-state index in [2.05, 4.69) is 5.32 Å². The van der Waals surface area contributed by atoms with Gasteiger partial charge in [0.05, 0.1) is 16.6 Å². The van der Waals surface area contributed by atoms with Crippen molar-refractivity contribution in [1.82, 2.24) is 0 Å². The molecule has 2 aromatic rings. The maximum atomic E-state index is 13.7. The summed E-state index contributed by atoms with van der Waals surface area (Å²) in [6.45, 7) is 1.79. The Balaban J connectivity index is 2.21. The smallest absolute Gasteiger partial charge is 0.132 e. The highest BCUT2D eigenvalue weighted by molar-refractivity contribution is 6.32. The second-order valence-corrected chi connectivity index (χ2v) is 4.79. The second-order valence-electron chi connectivity index (χ2n) is 4.38. The molecule has 0 fully saturated rings. The third-order valence-electron chi connectivity index (χ3n) is 2.92. The van der Waals surface area contributed by atoms with Gasteiger partial charge in [-0.05, 0) is 31.2 Å². The Morgan fingerprint density at radius 2 is 2.05 bits per heavy atom. The van der Waals surface area contributed by atoms with Crippen molar-refractivity contribution >= 4 is 17.3 Å². The largest absolute Gasteiger partial charge is 0.508 e. The number of phenolic OH excluding ortho intramolecular Hbond substituents is 1. The van der Waals surface area contributed by atoms with Gasteiger partial charge in [0.15, 0.2) is 0 Å². The van der Waals surface area contributed by atoms with Crippen molar-refractivity contribution in [2.24, 2.45) is 0 Å². The second kappa shape index (κ2) is 5.81. The molecule has 0 heterocycles. The molecule has 2 N–H and O–H groups in total. The Morgan fingerprint density at radius 3 is 2.65 bits per heavy atom. The van der Waals surface area contributed by atoms with Crippen molar-refractivity contribution < 1.29 is 9.50 Å². The van der Waals surface area contributed by atoms with E-state index in [1.54, 1.807) is 25.1 Å². The van der Waals surface area contributed by atoms with Gasteiger partial charge in [-0.15, -0.1) is 0 Å². The fourth-order valence-electron chi connectivity index (χ4n) is 1.89. The molecule has 0 aromatic heterocycles. The van der Waals surface area contributed by atoms with Crippen LogP contribution >= 0.6 is 11.6 Å². The highest BCUT2D eigenvalue weighted by Gasteiger charge is 2.12. The molecule has 3 nitrogen and oxygen atoms in total. The summed E-state index contributed by atoms with van der Waals surface area (Å²) in [6.07, 6.45) is 0. The van der Waals surface area contributed by atoms with E-state index in [0.717, 1.165) is 6.07 Å². The Morgan fingerprint density at radius 1 is 1.30 bits per heavy atom.